The molecular formula is C26H25IN4O4S. The third-order valence-corrected chi connectivity index (χ3v) is 8.60. The van der Waals surface area contributed by atoms with Crippen molar-refractivity contribution in [2.75, 3.05) is 13.1 Å². The molecule has 186 valence electrons. The van der Waals surface area contributed by atoms with E-state index < -0.39 is 15.9 Å². The van der Waals surface area contributed by atoms with Gasteiger partial charge in [-0.15, -0.1) is 0 Å². The maximum absolute atomic E-state index is 13.1. The molecule has 3 aliphatic rings. The molecule has 0 bridgehead atoms. The third kappa shape index (κ3) is 5.08. The first-order valence-electron chi connectivity index (χ1n) is 11.6. The molecule has 0 radical (unpaired) electrons. The molecule has 1 amide bonds. The molecule has 3 aliphatic heterocycles. The van der Waals surface area contributed by atoms with Gasteiger partial charge in [-0.3, -0.25) is 4.79 Å². The lowest BCUT2D eigenvalue weighted by Gasteiger charge is -2.34. The van der Waals surface area contributed by atoms with E-state index in [1.807, 2.05) is 61.4 Å². The number of aliphatic imine (C=N–C) groups is 2. The molecular weight excluding hydrogens is 591 g/mol. The van der Waals surface area contributed by atoms with Crippen LogP contribution in [0.1, 0.15) is 35.3 Å². The number of rotatable bonds is 3. The molecule has 0 aromatic heterocycles. The van der Waals surface area contributed by atoms with Crippen LogP contribution in [-0.2, 0) is 21.3 Å². The van der Waals surface area contributed by atoms with Crippen LogP contribution in [0, 0.1) is 0 Å². The fraction of sp³-hybridized carbons (Fsp3) is 0.269. The van der Waals surface area contributed by atoms with E-state index in [4.69, 9.17) is 9.73 Å². The topological polar surface area (TPSA) is 91.6 Å². The van der Waals surface area contributed by atoms with Crippen LogP contribution in [-0.4, -0.2) is 60.5 Å². The number of ether oxygens (including phenoxy) is 1. The van der Waals surface area contributed by atoms with E-state index in [1.54, 1.807) is 0 Å². The number of fused-ring (bicyclic) bond motifs is 2. The number of hydrogen-bond acceptors (Lipinski definition) is 5. The minimum Gasteiger partial charge on any atom is -0.373 e. The van der Waals surface area contributed by atoms with Crippen molar-refractivity contribution in [3.05, 3.63) is 87.2 Å². The van der Waals surface area contributed by atoms with Crippen LogP contribution in [0.15, 0.2) is 85.3 Å². The Morgan fingerprint density at radius 1 is 1.06 bits per heavy atom. The number of nitrogens with zero attached hydrogens (tertiary/aromatic N) is 4. The van der Waals surface area contributed by atoms with E-state index in [1.165, 1.54) is 28.6 Å². The molecule has 0 saturated carbocycles. The van der Waals surface area contributed by atoms with E-state index in [2.05, 4.69) is 27.6 Å². The van der Waals surface area contributed by atoms with Crippen LogP contribution in [0.2, 0.25) is 0 Å². The summed E-state index contributed by atoms with van der Waals surface area (Å²) >= 11 is 2.26. The van der Waals surface area contributed by atoms with Gasteiger partial charge >= 0.3 is 0 Å². The average molecular weight is 616 g/mol. The Bertz CT molecular complexity index is 1420. The monoisotopic (exact) mass is 616 g/mol. The molecule has 2 aromatic carbocycles. The lowest BCUT2D eigenvalue weighted by Crippen LogP contribution is -2.48. The van der Waals surface area contributed by atoms with E-state index >= 15 is 0 Å². The normalized spacial score (nSPS) is 23.4. The highest BCUT2D eigenvalue weighted by molar-refractivity contribution is 14.1. The van der Waals surface area contributed by atoms with Crippen LogP contribution in [0.4, 0.5) is 0 Å². The van der Waals surface area contributed by atoms with Crippen LogP contribution in [0.25, 0.3) is 0 Å². The van der Waals surface area contributed by atoms with Gasteiger partial charge in [0.05, 0.1) is 17.1 Å². The second-order valence-corrected chi connectivity index (χ2v) is 12.1. The maximum atomic E-state index is 13.1. The van der Waals surface area contributed by atoms with Gasteiger partial charge in [0, 0.05) is 40.5 Å². The Labute approximate surface area is 224 Å². The number of amides is 1. The van der Waals surface area contributed by atoms with Gasteiger partial charge in [-0.25, -0.2) is 13.4 Å². The van der Waals surface area contributed by atoms with Gasteiger partial charge in [-0.05, 0) is 78.4 Å². The molecule has 3 heterocycles. The quantitative estimate of drug-likeness (QED) is 0.484. The molecule has 36 heavy (non-hydrogen) atoms. The number of morpholine rings is 1. The van der Waals surface area contributed by atoms with Crippen LogP contribution in [0.3, 0.4) is 0 Å². The first kappa shape index (κ1) is 25.0. The van der Waals surface area contributed by atoms with Gasteiger partial charge in [-0.1, -0.05) is 24.3 Å². The zero-order valence-electron chi connectivity index (χ0n) is 19.8. The number of carbonyl (C=O) groups excluding carboxylic acids is 1. The molecule has 1 fully saturated rings. The Hall–Kier alpha value is -2.67. The fourth-order valence-corrected chi connectivity index (χ4v) is 6.56. The summed E-state index contributed by atoms with van der Waals surface area (Å²) in [5, 5.41) is 0. The fourth-order valence-electron chi connectivity index (χ4n) is 4.46. The highest BCUT2D eigenvalue weighted by Gasteiger charge is 2.32. The highest BCUT2D eigenvalue weighted by atomic mass is 127. The molecule has 2 unspecified atom stereocenters. The number of carbonyl (C=O) groups is 1. The Morgan fingerprint density at radius 3 is 2.47 bits per heavy atom. The number of allylic oxidation sites excluding steroid dienone is 2. The maximum Gasteiger partial charge on any atom is 0.279 e. The van der Waals surface area contributed by atoms with Gasteiger partial charge in [0.2, 0.25) is 10.0 Å². The summed E-state index contributed by atoms with van der Waals surface area (Å²) < 4.78 is 34.4. The molecule has 5 rings (SSSR count). The summed E-state index contributed by atoms with van der Waals surface area (Å²) in [6.45, 7) is 4.91. The van der Waals surface area contributed by atoms with Crippen molar-refractivity contribution in [2.45, 2.75) is 37.5 Å². The van der Waals surface area contributed by atoms with Crippen LogP contribution in [0.5, 0.6) is 0 Å². The first-order valence-corrected chi connectivity index (χ1v) is 14.1. The van der Waals surface area contributed by atoms with Crippen molar-refractivity contribution < 1.29 is 17.9 Å². The van der Waals surface area contributed by atoms with E-state index in [0.29, 0.717) is 31.3 Å². The third-order valence-electron chi connectivity index (χ3n) is 6.12. The molecule has 10 heteroatoms. The minimum absolute atomic E-state index is 0.137. The number of amidine groups is 2. The first-order chi connectivity index (χ1) is 17.2. The predicted molar refractivity (Wildman–Crippen MR) is 147 cm³/mol. The van der Waals surface area contributed by atoms with Crippen molar-refractivity contribution in [1.82, 2.24) is 9.21 Å². The SMILES string of the molecule is CC1CN(S(=O)(=O)c2ccc(C(=O)N=C3N=C4C=CC(I)=CN4Cc4ccccc43)cc2)CC(C)O1. The standard InChI is InChI=1S/C26H25IN4O4S/c1-17-13-31(14-18(2)35-17)36(33,34)22-10-7-19(8-11-22)26(32)29-25-23-6-4-3-5-20(23)15-30-16-21(27)9-12-24(30)28-25/h3-12,16-18H,13-15H2,1-2H3. The molecule has 2 aromatic rings. The zero-order valence-corrected chi connectivity index (χ0v) is 22.8. The minimum atomic E-state index is -3.70. The van der Waals surface area contributed by atoms with Crippen molar-refractivity contribution in [3.63, 3.8) is 0 Å². The van der Waals surface area contributed by atoms with E-state index in [0.717, 1.165) is 14.7 Å². The summed E-state index contributed by atoms with van der Waals surface area (Å²) in [6, 6.07) is 13.7. The van der Waals surface area contributed by atoms with Gasteiger partial charge in [0.15, 0.2) is 5.84 Å². The highest BCUT2D eigenvalue weighted by Crippen LogP contribution is 2.25. The van der Waals surface area contributed by atoms with E-state index in [-0.39, 0.29) is 22.7 Å². The Kier molecular flexibility index (Phi) is 6.95. The van der Waals surface area contributed by atoms with Gasteiger partial charge in [0.1, 0.15) is 5.84 Å². The van der Waals surface area contributed by atoms with E-state index in [9.17, 15) is 13.2 Å². The lowest BCUT2D eigenvalue weighted by atomic mass is 10.1. The second kappa shape index (κ2) is 10.0. The Balaban J connectivity index is 1.44. The van der Waals surface area contributed by atoms with Crippen molar-refractivity contribution in [1.29, 1.82) is 0 Å². The summed E-state index contributed by atoms with van der Waals surface area (Å²) in [4.78, 5) is 24.3. The van der Waals surface area contributed by atoms with Gasteiger partial charge < -0.3 is 9.64 Å². The van der Waals surface area contributed by atoms with Crippen molar-refractivity contribution in [2.24, 2.45) is 9.98 Å². The molecule has 0 spiro atoms. The van der Waals surface area contributed by atoms with Crippen LogP contribution < -0.4 is 0 Å². The number of hydrogen-bond donors (Lipinski definition) is 0. The van der Waals surface area contributed by atoms with Crippen LogP contribution >= 0.6 is 22.6 Å². The largest absolute Gasteiger partial charge is 0.373 e. The number of benzene rings is 2. The molecule has 8 nitrogen and oxygen atoms in total. The Morgan fingerprint density at radius 2 is 1.75 bits per heavy atom. The smallest absolute Gasteiger partial charge is 0.279 e. The molecule has 1 saturated heterocycles. The second-order valence-electron chi connectivity index (χ2n) is 8.95. The van der Waals surface area contributed by atoms with Crippen molar-refractivity contribution >= 4 is 50.2 Å². The van der Waals surface area contributed by atoms with Gasteiger partial charge in [0.25, 0.3) is 5.91 Å². The summed E-state index contributed by atoms with van der Waals surface area (Å²) in [5.41, 5.74) is 2.09. The summed E-state index contributed by atoms with van der Waals surface area (Å²) in [7, 11) is -3.70. The number of halogens is 1. The summed E-state index contributed by atoms with van der Waals surface area (Å²) in [5.74, 6) is 0.546. The molecule has 0 aliphatic carbocycles. The van der Waals surface area contributed by atoms with Gasteiger partial charge in [-0.2, -0.15) is 9.30 Å². The average Bonchev–Trinajstić information content (AvgIpc) is 2.99. The summed E-state index contributed by atoms with van der Waals surface area (Å²) in [6.07, 6.45) is 5.51. The predicted octanol–water partition coefficient (Wildman–Crippen LogP) is 4.13. The lowest BCUT2D eigenvalue weighted by molar-refractivity contribution is -0.0440. The molecule has 2 atom stereocenters. The molecule has 0 N–H and O–H groups in total. The van der Waals surface area contributed by atoms with Crippen molar-refractivity contribution in [3.8, 4) is 0 Å². The zero-order chi connectivity index (χ0) is 25.4. The number of sulfonamides is 1.